The summed E-state index contributed by atoms with van der Waals surface area (Å²) in [5.74, 6) is 6.96. The topological polar surface area (TPSA) is 72.5 Å². The van der Waals surface area contributed by atoms with Crippen molar-refractivity contribution in [1.82, 2.24) is 4.72 Å². The van der Waals surface area contributed by atoms with E-state index in [-0.39, 0.29) is 52.4 Å². The van der Waals surface area contributed by atoms with Gasteiger partial charge in [-0.15, -0.1) is 6.58 Å². The lowest BCUT2D eigenvalue weighted by Crippen LogP contribution is -2.20. The van der Waals surface area contributed by atoms with Crippen LogP contribution in [0.3, 0.4) is 0 Å². The first kappa shape index (κ1) is 113. The molecule has 0 saturated heterocycles. The molecular formula is C89H158F5NO4S. The molecule has 100 heavy (non-hydrogen) atoms. The molecule has 0 spiro atoms. The number of nitrogens with one attached hydrogen (secondary N) is 1. The number of methoxy groups -OCH3 is 1. The maximum Gasteiger partial charge on any atom is 0.416 e. The Balaban J connectivity index is -0.000000131. The summed E-state index contributed by atoms with van der Waals surface area (Å²) in [7, 11) is -0.320. The number of ether oxygens (including phenoxy) is 1. The number of hydrogen-bond acceptors (Lipinski definition) is 4. The summed E-state index contributed by atoms with van der Waals surface area (Å²) in [6.45, 7) is 66.9. The minimum Gasteiger partial charge on any atom is -0.465 e. The maximum absolute atomic E-state index is 12.4. The molecule has 0 heterocycles. The highest BCUT2D eigenvalue weighted by Crippen LogP contribution is 2.31. The predicted molar refractivity (Wildman–Crippen MR) is 439 cm³/mol. The van der Waals surface area contributed by atoms with Gasteiger partial charge in [0.25, 0.3) is 0 Å². The number of halogens is 5. The Morgan fingerprint density at radius 1 is 0.520 bits per heavy atom. The first-order chi connectivity index (χ1) is 44.5. The van der Waals surface area contributed by atoms with Gasteiger partial charge >= 0.3 is 12.1 Å². The van der Waals surface area contributed by atoms with Crippen molar-refractivity contribution in [2.75, 3.05) is 20.8 Å². The van der Waals surface area contributed by atoms with E-state index in [0.717, 1.165) is 59.1 Å². The van der Waals surface area contributed by atoms with Gasteiger partial charge in [-0.3, -0.25) is 4.39 Å². The van der Waals surface area contributed by atoms with Gasteiger partial charge in [0.05, 0.1) is 30.7 Å². The first-order valence-corrected chi connectivity index (χ1v) is 37.4. The summed E-state index contributed by atoms with van der Waals surface area (Å²) in [4.78, 5) is 11.1. The lowest BCUT2D eigenvalue weighted by molar-refractivity contribution is -0.137. The normalized spacial score (nSPS) is 10.7. The minimum absolute atomic E-state index is 0. The van der Waals surface area contributed by atoms with Gasteiger partial charge in [0.2, 0.25) is 10.0 Å². The number of alkyl halides is 4. The molecule has 0 aliphatic carbocycles. The molecule has 5 aromatic carbocycles. The number of esters is 1. The van der Waals surface area contributed by atoms with E-state index in [0.29, 0.717) is 46.5 Å². The summed E-state index contributed by atoms with van der Waals surface area (Å²) in [5, 5.41) is 0. The molecule has 5 nitrogen and oxygen atoms in total. The fourth-order valence-electron chi connectivity index (χ4n) is 8.04. The molecule has 0 fully saturated rings. The quantitative estimate of drug-likeness (QED) is 0.0572. The van der Waals surface area contributed by atoms with Gasteiger partial charge in [0, 0.05) is 0 Å². The van der Waals surface area contributed by atoms with Crippen LogP contribution in [0.15, 0.2) is 146 Å². The van der Waals surface area contributed by atoms with Crippen LogP contribution in [0, 0.1) is 58.1 Å². The van der Waals surface area contributed by atoms with Crippen molar-refractivity contribution in [3.8, 4) is 0 Å². The van der Waals surface area contributed by atoms with E-state index in [4.69, 9.17) is 0 Å². The second-order valence-electron chi connectivity index (χ2n) is 30.9. The maximum atomic E-state index is 12.4. The first-order valence-electron chi connectivity index (χ1n) is 35.8. The van der Waals surface area contributed by atoms with Crippen molar-refractivity contribution >= 4 is 16.0 Å². The molecule has 1 N–H and O–H groups in total. The lowest BCUT2D eigenvalue weighted by Gasteiger charge is -2.22. The van der Waals surface area contributed by atoms with Gasteiger partial charge in [0.15, 0.2) is 0 Å². The Morgan fingerprint density at radius 3 is 1.11 bits per heavy atom. The molecule has 0 bridgehead atoms. The average Bonchev–Trinajstić information content (AvgIpc) is 0.863. The third-order valence-corrected chi connectivity index (χ3v) is 15.6. The molecule has 0 aromatic heterocycles. The lowest BCUT2D eigenvalue weighted by atomic mass is 9.84. The van der Waals surface area contributed by atoms with E-state index in [2.05, 4.69) is 213 Å². The SMILES string of the molecule is C.C.C.C=CCC(C)C.CC(C)C(C)(C)C.CC(C)CC(C)(C)C.CC(C)CC(C)C.CC(C)CCF.CC(C)c1ccc(F)cc1.CC(C)c1cccc(C(F)(F)F)c1.CC(C)c1ccccc1.CCCC(C)C.CNS(=O)(=O)Cc1ccccc1.COC(=O)c1ccc(C(C)C)cc1. The number of rotatable bonds is 17. The Labute approximate surface area is 618 Å². The number of hydrogen-bond donors (Lipinski definition) is 1. The number of carbonyl (C=O) groups is 1. The molecule has 584 valence electrons. The Bertz CT molecular complexity index is 2670. The van der Waals surface area contributed by atoms with Crippen LogP contribution >= 0.6 is 0 Å². The van der Waals surface area contributed by atoms with Crippen molar-refractivity contribution in [3.63, 3.8) is 0 Å². The van der Waals surface area contributed by atoms with E-state index >= 15 is 0 Å². The monoisotopic (exact) mass is 1430 g/mol. The van der Waals surface area contributed by atoms with Crippen LogP contribution < -0.4 is 4.72 Å². The van der Waals surface area contributed by atoms with Crippen LogP contribution in [0.2, 0.25) is 0 Å². The summed E-state index contributed by atoms with van der Waals surface area (Å²) >= 11 is 0. The van der Waals surface area contributed by atoms with Crippen molar-refractivity contribution in [2.24, 2.45) is 52.3 Å². The molecule has 11 heteroatoms. The van der Waals surface area contributed by atoms with Crippen LogP contribution in [-0.4, -0.2) is 35.2 Å². The van der Waals surface area contributed by atoms with Gasteiger partial charge in [-0.1, -0.05) is 345 Å². The molecule has 5 aromatic rings. The molecule has 0 saturated carbocycles. The Hall–Kier alpha value is -5.13. The van der Waals surface area contributed by atoms with Crippen LogP contribution in [0.25, 0.3) is 0 Å². The van der Waals surface area contributed by atoms with Crippen molar-refractivity contribution in [3.05, 3.63) is 191 Å². The third kappa shape index (κ3) is 77.0. The summed E-state index contributed by atoms with van der Waals surface area (Å²) in [6.07, 6.45) is 4.96. The largest absolute Gasteiger partial charge is 0.465 e. The molecule has 5 rings (SSSR count). The average molecular weight is 1430 g/mol. The number of allylic oxidation sites excluding steroid dienone is 1. The molecule has 0 atom stereocenters. The zero-order chi connectivity index (χ0) is 76.9. The van der Waals surface area contributed by atoms with Crippen molar-refractivity contribution < 1.29 is 39.9 Å². The smallest absolute Gasteiger partial charge is 0.416 e. The van der Waals surface area contributed by atoms with Crippen molar-refractivity contribution in [1.29, 1.82) is 0 Å². The van der Waals surface area contributed by atoms with E-state index in [1.807, 2.05) is 82.3 Å². The number of benzene rings is 5. The molecular weight excluding hydrogens is 1270 g/mol. The second kappa shape index (κ2) is 64.7. The number of carbonyl (C=O) groups excluding carboxylic acids is 1. The molecule has 0 aliphatic rings. The highest BCUT2D eigenvalue weighted by Gasteiger charge is 2.30. The van der Waals surface area contributed by atoms with E-state index < -0.39 is 21.8 Å². The van der Waals surface area contributed by atoms with Gasteiger partial charge in [0.1, 0.15) is 5.82 Å². The minimum atomic E-state index is -4.23. The molecule has 0 amide bonds. The standard InChI is InChI=1S/C11H14O2.C10H11F3.C9H11F.C9H12.C8H11NO2S.C8H18.2C7H16.C6H14.C6H12.C5H11F.3CH4/c1-8(2)9-4-6-10(7-5-9)11(12)13-3;1-7(2)8-4-3-5-9(6-8)10(11,12)13;1-7(2)8-3-5-9(10)6-4-8;1-8(2)9-6-4-3-5-7-9;1-9-12(10,11)7-8-5-3-2-4-6-8;1-7(2)6-8(3,4)5;1-6(2)7(3,4)5;1-6(2)5-7(3)4;2*1-4-5-6(2)3;1-5(2)3-4-6;;;/h4-8H,1-3H3;3-7H,1-2H3;3-7H,1-2H3;3-8H,1-2H3;2-6,9H,7H2,1H3;7H,6H2,1-5H3;6H,1-5H3;6-7H,5H2,1-4H3;6H,4-5H2,1-3H3;4,6H,1,5H2,2-3H3;5H,3-4H2,1-2H3;3*1H4. The highest BCUT2D eigenvalue weighted by molar-refractivity contribution is 7.88. The summed E-state index contributed by atoms with van der Waals surface area (Å²) in [6, 6.07) is 39.2. The van der Waals surface area contributed by atoms with Gasteiger partial charge in [-0.2, -0.15) is 13.2 Å². The van der Waals surface area contributed by atoms with Gasteiger partial charge < -0.3 is 4.74 Å². The van der Waals surface area contributed by atoms with Crippen LogP contribution in [0.5, 0.6) is 0 Å². The second-order valence-corrected chi connectivity index (χ2v) is 32.9. The summed E-state index contributed by atoms with van der Waals surface area (Å²) < 4.78 is 89.3. The van der Waals surface area contributed by atoms with Crippen LogP contribution in [0.1, 0.15) is 329 Å². The molecule has 0 aliphatic heterocycles. The van der Waals surface area contributed by atoms with Gasteiger partial charge in [-0.25, -0.2) is 22.3 Å². The highest BCUT2D eigenvalue weighted by atomic mass is 32.2. The fourth-order valence-corrected chi connectivity index (χ4v) is 8.82. The van der Waals surface area contributed by atoms with Crippen LogP contribution in [-0.2, 0) is 26.7 Å². The number of sulfonamides is 1. The van der Waals surface area contributed by atoms with Gasteiger partial charge in [-0.05, 0) is 167 Å². The van der Waals surface area contributed by atoms with E-state index in [9.17, 15) is 35.2 Å². The van der Waals surface area contributed by atoms with Crippen molar-refractivity contribution in [2.45, 2.75) is 297 Å². The fraction of sp³-hybridized carbons (Fsp3) is 0.629. The molecule has 0 unspecified atom stereocenters. The molecule has 0 radical (unpaired) electrons. The van der Waals surface area contributed by atoms with E-state index in [1.165, 1.54) is 80.8 Å². The zero-order valence-corrected chi connectivity index (χ0v) is 68.2. The Morgan fingerprint density at radius 2 is 0.890 bits per heavy atom. The Kier molecular flexibility index (Phi) is 73.3. The summed E-state index contributed by atoms with van der Waals surface area (Å²) in [5.41, 5.74) is 6.40. The van der Waals surface area contributed by atoms with Crippen LogP contribution in [0.4, 0.5) is 22.0 Å². The predicted octanol–water partition coefficient (Wildman–Crippen LogP) is 29.9. The van der Waals surface area contributed by atoms with E-state index in [1.54, 1.807) is 30.3 Å². The third-order valence-electron chi connectivity index (χ3n) is 14.3. The zero-order valence-electron chi connectivity index (χ0n) is 67.4.